The van der Waals surface area contributed by atoms with Crippen LogP contribution in [-0.4, -0.2) is 37.1 Å². The molecule has 1 aliphatic rings. The largest absolute Gasteiger partial charge is 0.383 e. The molecule has 1 saturated heterocycles. The molecule has 0 radical (unpaired) electrons. The number of amides is 1. The molecule has 1 fully saturated rings. The fourth-order valence-electron chi connectivity index (χ4n) is 2.11. The van der Waals surface area contributed by atoms with Gasteiger partial charge in [-0.1, -0.05) is 30.3 Å². The minimum Gasteiger partial charge on any atom is -0.383 e. The summed E-state index contributed by atoms with van der Waals surface area (Å²) in [7, 11) is 1.65. The lowest BCUT2D eigenvalue weighted by atomic mass is 10.1. The Morgan fingerprint density at radius 3 is 2.71 bits per heavy atom. The first-order chi connectivity index (χ1) is 8.24. The van der Waals surface area contributed by atoms with Gasteiger partial charge in [0.2, 0.25) is 5.91 Å². The smallest absolute Gasteiger partial charge is 0.241 e. The van der Waals surface area contributed by atoms with E-state index >= 15 is 0 Å². The SMILES string of the molecule is COCCN1C(=O)C(C)NC1c1ccccc1. The minimum absolute atomic E-state index is 0.0335. The molecule has 1 amide bonds. The Labute approximate surface area is 102 Å². The van der Waals surface area contributed by atoms with E-state index in [1.54, 1.807) is 7.11 Å². The maximum Gasteiger partial charge on any atom is 0.241 e. The molecule has 1 aliphatic heterocycles. The van der Waals surface area contributed by atoms with Gasteiger partial charge in [-0.3, -0.25) is 10.1 Å². The van der Waals surface area contributed by atoms with Crippen LogP contribution in [0.1, 0.15) is 18.7 Å². The van der Waals surface area contributed by atoms with E-state index < -0.39 is 0 Å². The third-order valence-corrected chi connectivity index (χ3v) is 3.02. The Bertz CT molecular complexity index is 380. The fourth-order valence-corrected chi connectivity index (χ4v) is 2.11. The van der Waals surface area contributed by atoms with Crippen molar-refractivity contribution >= 4 is 5.91 Å². The third-order valence-electron chi connectivity index (χ3n) is 3.02. The Morgan fingerprint density at radius 1 is 1.35 bits per heavy atom. The predicted octanol–water partition coefficient (Wildman–Crippen LogP) is 1.15. The molecular weight excluding hydrogens is 216 g/mol. The molecule has 2 rings (SSSR count). The highest BCUT2D eigenvalue weighted by atomic mass is 16.5. The second kappa shape index (κ2) is 5.29. The quantitative estimate of drug-likeness (QED) is 0.849. The second-order valence-electron chi connectivity index (χ2n) is 4.23. The van der Waals surface area contributed by atoms with E-state index in [1.807, 2.05) is 42.2 Å². The highest BCUT2D eigenvalue weighted by Crippen LogP contribution is 2.24. The maximum atomic E-state index is 12.0. The lowest BCUT2D eigenvalue weighted by molar-refractivity contribution is -0.130. The summed E-state index contributed by atoms with van der Waals surface area (Å²) < 4.78 is 5.05. The third kappa shape index (κ3) is 2.48. The van der Waals surface area contributed by atoms with Gasteiger partial charge in [-0.05, 0) is 12.5 Å². The zero-order valence-corrected chi connectivity index (χ0v) is 10.2. The van der Waals surface area contributed by atoms with Crippen molar-refractivity contribution in [2.24, 2.45) is 0 Å². The standard InChI is InChI=1S/C13H18N2O2/c1-10-13(16)15(8-9-17-2)12(14-10)11-6-4-3-5-7-11/h3-7,10,12,14H,8-9H2,1-2H3. The summed E-state index contributed by atoms with van der Waals surface area (Å²) in [5, 5.41) is 3.30. The van der Waals surface area contributed by atoms with E-state index in [4.69, 9.17) is 4.74 Å². The molecular formula is C13H18N2O2. The topological polar surface area (TPSA) is 41.6 Å². The number of rotatable bonds is 4. The van der Waals surface area contributed by atoms with Crippen LogP contribution >= 0.6 is 0 Å². The summed E-state index contributed by atoms with van der Waals surface area (Å²) in [6.07, 6.45) is -0.0335. The number of hydrogen-bond acceptors (Lipinski definition) is 3. The molecule has 0 saturated carbocycles. The molecule has 0 spiro atoms. The summed E-state index contributed by atoms with van der Waals surface area (Å²) >= 11 is 0. The molecule has 0 aromatic heterocycles. The molecule has 1 N–H and O–H groups in total. The first-order valence-corrected chi connectivity index (χ1v) is 5.84. The van der Waals surface area contributed by atoms with Crippen LogP contribution in [0.25, 0.3) is 0 Å². The Hall–Kier alpha value is -1.39. The van der Waals surface area contributed by atoms with Gasteiger partial charge >= 0.3 is 0 Å². The summed E-state index contributed by atoms with van der Waals surface area (Å²) in [5.41, 5.74) is 1.11. The van der Waals surface area contributed by atoms with E-state index in [0.29, 0.717) is 13.2 Å². The maximum absolute atomic E-state index is 12.0. The summed E-state index contributed by atoms with van der Waals surface area (Å²) in [5.74, 6) is 0.135. The van der Waals surface area contributed by atoms with Crippen molar-refractivity contribution in [3.8, 4) is 0 Å². The van der Waals surface area contributed by atoms with E-state index in [2.05, 4.69) is 5.32 Å². The summed E-state index contributed by atoms with van der Waals surface area (Å²) in [4.78, 5) is 13.8. The van der Waals surface area contributed by atoms with Crippen LogP contribution in [0.15, 0.2) is 30.3 Å². The van der Waals surface area contributed by atoms with Crippen molar-refractivity contribution in [2.75, 3.05) is 20.3 Å². The first-order valence-electron chi connectivity index (χ1n) is 5.84. The van der Waals surface area contributed by atoms with Crippen molar-refractivity contribution in [1.29, 1.82) is 0 Å². The zero-order chi connectivity index (χ0) is 12.3. The molecule has 0 bridgehead atoms. The van der Waals surface area contributed by atoms with Crippen LogP contribution in [-0.2, 0) is 9.53 Å². The molecule has 17 heavy (non-hydrogen) atoms. The van der Waals surface area contributed by atoms with Gasteiger partial charge in [-0.2, -0.15) is 0 Å². The number of nitrogens with one attached hydrogen (secondary N) is 1. The lowest BCUT2D eigenvalue weighted by Crippen LogP contribution is -2.33. The Balaban J connectivity index is 2.17. The Kier molecular flexibility index (Phi) is 3.76. The number of carbonyl (C=O) groups excluding carboxylic acids is 1. The predicted molar refractivity (Wildman–Crippen MR) is 65.4 cm³/mol. The second-order valence-corrected chi connectivity index (χ2v) is 4.23. The molecule has 2 atom stereocenters. The number of carbonyl (C=O) groups is 1. The van der Waals surface area contributed by atoms with Crippen LogP contribution in [0, 0.1) is 0 Å². The lowest BCUT2D eigenvalue weighted by Gasteiger charge is -2.24. The van der Waals surface area contributed by atoms with Crippen molar-refractivity contribution in [3.63, 3.8) is 0 Å². The molecule has 1 aromatic carbocycles. The zero-order valence-electron chi connectivity index (χ0n) is 10.2. The van der Waals surface area contributed by atoms with Crippen LogP contribution in [0.5, 0.6) is 0 Å². The van der Waals surface area contributed by atoms with Crippen LogP contribution in [0.4, 0.5) is 0 Å². The van der Waals surface area contributed by atoms with E-state index in [0.717, 1.165) is 5.56 Å². The number of nitrogens with zero attached hydrogens (tertiary/aromatic N) is 1. The molecule has 92 valence electrons. The van der Waals surface area contributed by atoms with E-state index in [9.17, 15) is 4.79 Å². The van der Waals surface area contributed by atoms with Gasteiger partial charge in [0.05, 0.1) is 12.6 Å². The average molecular weight is 234 g/mol. The van der Waals surface area contributed by atoms with Crippen molar-refractivity contribution in [1.82, 2.24) is 10.2 Å². The van der Waals surface area contributed by atoms with E-state index in [-0.39, 0.29) is 18.1 Å². The first kappa shape index (κ1) is 12.1. The number of ether oxygens (including phenoxy) is 1. The normalized spacial score (nSPS) is 24.4. The van der Waals surface area contributed by atoms with Gasteiger partial charge in [-0.15, -0.1) is 0 Å². The Morgan fingerprint density at radius 2 is 2.06 bits per heavy atom. The van der Waals surface area contributed by atoms with Gasteiger partial charge in [0, 0.05) is 13.7 Å². The van der Waals surface area contributed by atoms with Gasteiger partial charge in [0.15, 0.2) is 0 Å². The van der Waals surface area contributed by atoms with Crippen LogP contribution in [0.3, 0.4) is 0 Å². The molecule has 1 aromatic rings. The van der Waals surface area contributed by atoms with Gasteiger partial charge in [0.1, 0.15) is 6.17 Å². The highest BCUT2D eigenvalue weighted by Gasteiger charge is 2.36. The molecule has 1 heterocycles. The summed E-state index contributed by atoms with van der Waals surface area (Å²) in [6.45, 7) is 3.07. The molecule has 2 unspecified atom stereocenters. The van der Waals surface area contributed by atoms with Crippen molar-refractivity contribution in [2.45, 2.75) is 19.1 Å². The van der Waals surface area contributed by atoms with Crippen LogP contribution < -0.4 is 5.32 Å². The number of methoxy groups -OCH3 is 1. The molecule has 4 heteroatoms. The minimum atomic E-state index is -0.128. The van der Waals surface area contributed by atoms with Crippen molar-refractivity contribution < 1.29 is 9.53 Å². The van der Waals surface area contributed by atoms with Gasteiger partial charge in [0.25, 0.3) is 0 Å². The molecule has 4 nitrogen and oxygen atoms in total. The number of benzene rings is 1. The average Bonchev–Trinajstić information content (AvgIpc) is 2.65. The van der Waals surface area contributed by atoms with Gasteiger partial charge < -0.3 is 9.64 Å². The molecule has 0 aliphatic carbocycles. The summed E-state index contributed by atoms with van der Waals surface area (Å²) in [6, 6.07) is 9.88. The van der Waals surface area contributed by atoms with Gasteiger partial charge in [-0.25, -0.2) is 0 Å². The monoisotopic (exact) mass is 234 g/mol. The van der Waals surface area contributed by atoms with Crippen LogP contribution in [0.2, 0.25) is 0 Å². The fraction of sp³-hybridized carbons (Fsp3) is 0.462. The highest BCUT2D eigenvalue weighted by molar-refractivity contribution is 5.84. The number of hydrogen-bond donors (Lipinski definition) is 1. The van der Waals surface area contributed by atoms with E-state index in [1.165, 1.54) is 0 Å². The van der Waals surface area contributed by atoms with Crippen molar-refractivity contribution in [3.05, 3.63) is 35.9 Å².